The summed E-state index contributed by atoms with van der Waals surface area (Å²) >= 11 is 3.29. The molecular weight excluding hydrogens is 352 g/mol. The second-order valence-corrected chi connectivity index (χ2v) is 5.18. The Labute approximate surface area is 135 Å². The van der Waals surface area contributed by atoms with Crippen molar-refractivity contribution >= 4 is 27.7 Å². The van der Waals surface area contributed by atoms with E-state index >= 15 is 0 Å². The molecule has 7 heteroatoms. The largest absolute Gasteiger partial charge is 0.507 e. The van der Waals surface area contributed by atoms with Crippen molar-refractivity contribution in [3.05, 3.63) is 58.6 Å². The van der Waals surface area contributed by atoms with Gasteiger partial charge in [-0.25, -0.2) is 0 Å². The molecule has 0 radical (unpaired) electrons. The Balaban J connectivity index is 1.79. The summed E-state index contributed by atoms with van der Waals surface area (Å²) in [4.78, 5) is 23.3. The molecule has 0 unspecified atom stereocenters. The van der Waals surface area contributed by atoms with Gasteiger partial charge in [-0.05, 0) is 36.4 Å². The minimum Gasteiger partial charge on any atom is -0.507 e. The highest BCUT2D eigenvalue weighted by Gasteiger charge is 2.11. The second kappa shape index (κ2) is 7.46. The quantitative estimate of drug-likeness (QED) is 0.724. The molecule has 3 N–H and O–H groups in total. The number of carbonyl (C=O) groups excluding carboxylic acids is 2. The summed E-state index contributed by atoms with van der Waals surface area (Å²) < 4.78 is 6.15. The lowest BCUT2D eigenvalue weighted by molar-refractivity contribution is -0.123. The third kappa shape index (κ3) is 4.49. The number of phenolic OH excluding ortho intramolecular Hbond substituents is 1. The Morgan fingerprint density at radius 2 is 1.73 bits per heavy atom. The van der Waals surface area contributed by atoms with Crippen LogP contribution < -0.4 is 15.6 Å². The smallest absolute Gasteiger partial charge is 0.276 e. The number of hydrazine groups is 1. The van der Waals surface area contributed by atoms with Crippen LogP contribution in [0.15, 0.2) is 53.0 Å². The summed E-state index contributed by atoms with van der Waals surface area (Å²) in [5, 5.41) is 9.52. The molecular formula is C15H13BrN2O4. The number of rotatable bonds is 4. The molecule has 0 heterocycles. The van der Waals surface area contributed by atoms with Gasteiger partial charge >= 0.3 is 0 Å². The summed E-state index contributed by atoms with van der Waals surface area (Å²) in [6.45, 7) is -0.247. The van der Waals surface area contributed by atoms with E-state index in [0.717, 1.165) is 4.47 Å². The van der Waals surface area contributed by atoms with Gasteiger partial charge in [-0.15, -0.1) is 0 Å². The third-order valence-electron chi connectivity index (χ3n) is 2.65. The number of nitrogens with one attached hydrogen (secondary N) is 2. The van der Waals surface area contributed by atoms with Gasteiger partial charge in [0.2, 0.25) is 0 Å². The van der Waals surface area contributed by atoms with Gasteiger partial charge in [0.1, 0.15) is 11.5 Å². The number of amides is 2. The fourth-order valence-electron chi connectivity index (χ4n) is 1.58. The van der Waals surface area contributed by atoms with Crippen LogP contribution in [0.25, 0.3) is 0 Å². The predicted molar refractivity (Wildman–Crippen MR) is 83.4 cm³/mol. The van der Waals surface area contributed by atoms with Gasteiger partial charge in [-0.1, -0.05) is 28.1 Å². The van der Waals surface area contributed by atoms with Crippen LogP contribution in [0.2, 0.25) is 0 Å². The van der Waals surface area contributed by atoms with E-state index in [-0.39, 0.29) is 17.9 Å². The van der Waals surface area contributed by atoms with Crippen molar-refractivity contribution in [1.29, 1.82) is 0 Å². The Bertz CT molecular complexity index is 673. The fourth-order valence-corrected chi connectivity index (χ4v) is 1.84. The van der Waals surface area contributed by atoms with Crippen LogP contribution in [-0.2, 0) is 4.79 Å². The van der Waals surface area contributed by atoms with Gasteiger partial charge in [-0.2, -0.15) is 0 Å². The van der Waals surface area contributed by atoms with Crippen molar-refractivity contribution in [1.82, 2.24) is 10.9 Å². The normalized spacial score (nSPS) is 9.86. The van der Waals surface area contributed by atoms with E-state index in [4.69, 9.17) is 4.74 Å². The number of halogens is 1. The summed E-state index contributed by atoms with van der Waals surface area (Å²) in [6.07, 6.45) is 0. The Morgan fingerprint density at radius 3 is 2.41 bits per heavy atom. The minimum absolute atomic E-state index is 0.0663. The molecule has 0 atom stereocenters. The zero-order valence-corrected chi connectivity index (χ0v) is 13.0. The lowest BCUT2D eigenvalue weighted by Crippen LogP contribution is -2.43. The van der Waals surface area contributed by atoms with E-state index in [1.807, 2.05) is 0 Å². The predicted octanol–water partition coefficient (Wildman–Crippen LogP) is 1.99. The molecule has 0 aliphatic carbocycles. The maximum Gasteiger partial charge on any atom is 0.276 e. The Kier molecular flexibility index (Phi) is 5.37. The maximum absolute atomic E-state index is 11.7. The SMILES string of the molecule is O=C(COc1ccc(Br)cc1)NNC(=O)c1ccccc1O. The molecule has 0 fully saturated rings. The van der Waals surface area contributed by atoms with E-state index < -0.39 is 11.8 Å². The molecule has 0 saturated carbocycles. The van der Waals surface area contributed by atoms with Crippen LogP contribution in [0.5, 0.6) is 11.5 Å². The number of phenols is 1. The van der Waals surface area contributed by atoms with Crippen molar-refractivity contribution in [2.24, 2.45) is 0 Å². The first-order valence-corrected chi connectivity index (χ1v) is 7.11. The molecule has 2 aromatic carbocycles. The zero-order chi connectivity index (χ0) is 15.9. The highest BCUT2D eigenvalue weighted by Crippen LogP contribution is 2.16. The topological polar surface area (TPSA) is 87.7 Å². The highest BCUT2D eigenvalue weighted by atomic mass is 79.9. The first kappa shape index (κ1) is 15.8. The average molecular weight is 365 g/mol. The van der Waals surface area contributed by atoms with Crippen LogP contribution in [-0.4, -0.2) is 23.5 Å². The van der Waals surface area contributed by atoms with Crippen molar-refractivity contribution in [2.75, 3.05) is 6.61 Å². The molecule has 2 aromatic rings. The number of hydrogen-bond donors (Lipinski definition) is 3. The molecule has 0 spiro atoms. The minimum atomic E-state index is -0.616. The number of hydrogen-bond acceptors (Lipinski definition) is 4. The molecule has 6 nitrogen and oxygen atoms in total. The molecule has 2 rings (SSSR count). The molecule has 114 valence electrons. The van der Waals surface area contributed by atoms with Crippen LogP contribution in [0.1, 0.15) is 10.4 Å². The molecule has 0 bridgehead atoms. The molecule has 2 amide bonds. The van der Waals surface area contributed by atoms with E-state index in [1.165, 1.54) is 12.1 Å². The van der Waals surface area contributed by atoms with Crippen molar-refractivity contribution in [3.63, 3.8) is 0 Å². The molecule has 0 aliphatic rings. The van der Waals surface area contributed by atoms with Crippen LogP contribution in [0.4, 0.5) is 0 Å². The van der Waals surface area contributed by atoms with Gasteiger partial charge < -0.3 is 9.84 Å². The first-order chi connectivity index (χ1) is 10.6. The highest BCUT2D eigenvalue weighted by molar-refractivity contribution is 9.10. The maximum atomic E-state index is 11.7. The monoisotopic (exact) mass is 364 g/mol. The van der Waals surface area contributed by atoms with Gasteiger partial charge in [0.05, 0.1) is 5.56 Å². The molecule has 22 heavy (non-hydrogen) atoms. The van der Waals surface area contributed by atoms with E-state index in [1.54, 1.807) is 36.4 Å². The van der Waals surface area contributed by atoms with Crippen molar-refractivity contribution < 1.29 is 19.4 Å². The lowest BCUT2D eigenvalue weighted by atomic mass is 10.2. The number of aromatic hydroxyl groups is 1. The number of carbonyl (C=O) groups is 2. The summed E-state index contributed by atoms with van der Waals surface area (Å²) in [6, 6.07) is 13.0. The van der Waals surface area contributed by atoms with Gasteiger partial charge in [0.15, 0.2) is 6.61 Å². The third-order valence-corrected chi connectivity index (χ3v) is 3.18. The number of benzene rings is 2. The van der Waals surface area contributed by atoms with Crippen LogP contribution in [0.3, 0.4) is 0 Å². The second-order valence-electron chi connectivity index (χ2n) is 4.26. The first-order valence-electron chi connectivity index (χ1n) is 6.32. The summed E-state index contributed by atoms with van der Waals surface area (Å²) in [5.74, 6) is -0.771. The van der Waals surface area contributed by atoms with Crippen LogP contribution in [0, 0.1) is 0 Å². The Morgan fingerprint density at radius 1 is 1.05 bits per heavy atom. The number of para-hydroxylation sites is 1. The number of ether oxygens (including phenoxy) is 1. The van der Waals surface area contributed by atoms with Gasteiger partial charge in [0, 0.05) is 4.47 Å². The Hall–Kier alpha value is -2.54. The molecule has 0 aromatic heterocycles. The van der Waals surface area contributed by atoms with E-state index in [9.17, 15) is 14.7 Å². The standard InChI is InChI=1S/C15H13BrN2O4/c16-10-5-7-11(8-6-10)22-9-14(20)17-18-15(21)12-3-1-2-4-13(12)19/h1-8,19H,9H2,(H,17,20)(H,18,21). The summed E-state index contributed by atoms with van der Waals surface area (Å²) in [5.41, 5.74) is 4.47. The molecule has 0 aliphatic heterocycles. The van der Waals surface area contributed by atoms with Crippen LogP contribution >= 0.6 is 15.9 Å². The molecule has 0 saturated heterocycles. The van der Waals surface area contributed by atoms with E-state index in [2.05, 4.69) is 26.8 Å². The fraction of sp³-hybridized carbons (Fsp3) is 0.0667. The summed E-state index contributed by atoms with van der Waals surface area (Å²) in [7, 11) is 0. The zero-order valence-electron chi connectivity index (χ0n) is 11.4. The average Bonchev–Trinajstić information content (AvgIpc) is 2.52. The van der Waals surface area contributed by atoms with Gasteiger partial charge in [-0.3, -0.25) is 20.4 Å². The van der Waals surface area contributed by atoms with Crippen molar-refractivity contribution in [2.45, 2.75) is 0 Å². The van der Waals surface area contributed by atoms with Crippen molar-refractivity contribution in [3.8, 4) is 11.5 Å². The van der Waals surface area contributed by atoms with Gasteiger partial charge in [0.25, 0.3) is 11.8 Å². The van der Waals surface area contributed by atoms with E-state index in [0.29, 0.717) is 5.75 Å². The lowest BCUT2D eigenvalue weighted by Gasteiger charge is -2.09.